The second-order valence-corrected chi connectivity index (χ2v) is 3.83. The smallest absolute Gasteiger partial charge is 0.150 e. The fourth-order valence-corrected chi connectivity index (χ4v) is 2.47. The lowest BCUT2D eigenvalue weighted by atomic mass is 9.74. The third-order valence-electron chi connectivity index (χ3n) is 3.22. The fourth-order valence-electron chi connectivity index (χ4n) is 2.47. The first kappa shape index (κ1) is 7.54. The molecule has 1 saturated carbocycles. The Kier molecular flexibility index (Phi) is 1.38. The third kappa shape index (κ3) is 0.714. The van der Waals surface area contributed by atoms with Gasteiger partial charge in [0, 0.05) is 5.92 Å². The van der Waals surface area contributed by atoms with Gasteiger partial charge in [0.05, 0.1) is 6.07 Å². The molecule has 2 heteroatoms. The zero-order valence-electron chi connectivity index (χ0n) is 7.08. The van der Waals surface area contributed by atoms with Gasteiger partial charge in [0.25, 0.3) is 0 Å². The Morgan fingerprint density at radius 1 is 1.67 bits per heavy atom. The van der Waals surface area contributed by atoms with E-state index in [1.165, 1.54) is 6.92 Å². The van der Waals surface area contributed by atoms with Crippen molar-refractivity contribution >= 4 is 5.78 Å². The molecule has 0 amide bonds. The molecule has 2 rings (SSSR count). The molecular formula is C10H11NO. The van der Waals surface area contributed by atoms with Crippen LogP contribution in [0.1, 0.15) is 19.8 Å². The topological polar surface area (TPSA) is 40.9 Å². The van der Waals surface area contributed by atoms with Crippen molar-refractivity contribution in [1.29, 1.82) is 5.26 Å². The van der Waals surface area contributed by atoms with E-state index in [-0.39, 0.29) is 11.7 Å². The van der Waals surface area contributed by atoms with Crippen LogP contribution >= 0.6 is 0 Å². The number of hydrogen-bond acceptors (Lipinski definition) is 2. The highest BCUT2D eigenvalue weighted by Gasteiger charge is 2.52. The third-order valence-corrected chi connectivity index (χ3v) is 3.22. The molecule has 12 heavy (non-hydrogen) atoms. The normalized spacial score (nSPS) is 43.0. The molecule has 0 aromatic heterocycles. The lowest BCUT2D eigenvalue weighted by Gasteiger charge is -2.24. The van der Waals surface area contributed by atoms with Crippen molar-refractivity contribution in [2.45, 2.75) is 19.8 Å². The minimum absolute atomic E-state index is 0.0434. The molecule has 3 unspecified atom stereocenters. The van der Waals surface area contributed by atoms with Crippen LogP contribution in [0.2, 0.25) is 0 Å². The second-order valence-electron chi connectivity index (χ2n) is 3.83. The lowest BCUT2D eigenvalue weighted by molar-refractivity contribution is -0.124. The average molecular weight is 161 g/mol. The van der Waals surface area contributed by atoms with Gasteiger partial charge < -0.3 is 0 Å². The predicted octanol–water partition coefficient (Wildman–Crippen LogP) is 1.68. The summed E-state index contributed by atoms with van der Waals surface area (Å²) in [5.41, 5.74) is -0.667. The number of nitriles is 1. The molecule has 0 aliphatic heterocycles. The van der Waals surface area contributed by atoms with Gasteiger partial charge >= 0.3 is 0 Å². The van der Waals surface area contributed by atoms with Gasteiger partial charge in [-0.1, -0.05) is 12.2 Å². The molecular weight excluding hydrogens is 150 g/mol. The van der Waals surface area contributed by atoms with Crippen molar-refractivity contribution in [2.24, 2.45) is 17.3 Å². The molecule has 1 fully saturated rings. The van der Waals surface area contributed by atoms with Gasteiger partial charge in [-0.25, -0.2) is 0 Å². The highest BCUT2D eigenvalue weighted by atomic mass is 16.1. The summed E-state index contributed by atoms with van der Waals surface area (Å²) in [6.45, 7) is 1.54. The van der Waals surface area contributed by atoms with Crippen molar-refractivity contribution < 1.29 is 4.79 Å². The van der Waals surface area contributed by atoms with Crippen LogP contribution in [0.15, 0.2) is 12.2 Å². The van der Waals surface area contributed by atoms with Crippen molar-refractivity contribution in [1.82, 2.24) is 0 Å². The minimum atomic E-state index is -0.667. The van der Waals surface area contributed by atoms with Gasteiger partial charge in [-0.2, -0.15) is 5.26 Å². The number of hydrogen-bond donors (Lipinski definition) is 0. The molecule has 2 nitrogen and oxygen atoms in total. The van der Waals surface area contributed by atoms with Gasteiger partial charge in [0.15, 0.2) is 5.78 Å². The molecule has 0 aromatic rings. The van der Waals surface area contributed by atoms with E-state index < -0.39 is 5.41 Å². The van der Waals surface area contributed by atoms with Crippen molar-refractivity contribution in [3.8, 4) is 6.07 Å². The largest absolute Gasteiger partial charge is 0.298 e. The van der Waals surface area contributed by atoms with Gasteiger partial charge in [0.2, 0.25) is 0 Å². The minimum Gasteiger partial charge on any atom is -0.298 e. The standard InChI is InChI=1S/C10H11NO/c1-7(12)10(6-11)5-8-2-3-9(10)4-8/h2-3,8-9H,4-5H2,1H3. The van der Waals surface area contributed by atoms with E-state index in [0.717, 1.165) is 12.8 Å². The molecule has 2 aliphatic carbocycles. The van der Waals surface area contributed by atoms with E-state index in [2.05, 4.69) is 12.1 Å². The maximum atomic E-state index is 11.3. The van der Waals surface area contributed by atoms with Crippen LogP contribution in [0.4, 0.5) is 0 Å². The molecule has 2 aliphatic rings. The summed E-state index contributed by atoms with van der Waals surface area (Å²) in [5, 5.41) is 9.00. The van der Waals surface area contributed by atoms with Gasteiger partial charge in [0.1, 0.15) is 5.41 Å². The van der Waals surface area contributed by atoms with Gasteiger partial charge in [-0.3, -0.25) is 4.79 Å². The van der Waals surface area contributed by atoms with Crippen molar-refractivity contribution in [3.63, 3.8) is 0 Å². The maximum Gasteiger partial charge on any atom is 0.150 e. The van der Waals surface area contributed by atoms with E-state index in [1.807, 2.05) is 6.08 Å². The second kappa shape index (κ2) is 2.20. The molecule has 0 heterocycles. The summed E-state index contributed by atoms with van der Waals surface area (Å²) in [6, 6.07) is 2.21. The Labute approximate surface area is 71.9 Å². The van der Waals surface area contributed by atoms with Crippen molar-refractivity contribution in [3.05, 3.63) is 12.2 Å². The van der Waals surface area contributed by atoms with E-state index in [9.17, 15) is 4.79 Å². The van der Waals surface area contributed by atoms with Crippen LogP contribution in [0.5, 0.6) is 0 Å². The highest BCUT2D eigenvalue weighted by Crippen LogP contribution is 2.52. The number of rotatable bonds is 1. The summed E-state index contributed by atoms with van der Waals surface area (Å²) in [4.78, 5) is 11.3. The Morgan fingerprint density at radius 2 is 2.42 bits per heavy atom. The molecule has 2 bridgehead atoms. The number of nitrogens with zero attached hydrogens (tertiary/aromatic N) is 1. The molecule has 0 aromatic carbocycles. The van der Waals surface area contributed by atoms with Crippen LogP contribution in [-0.4, -0.2) is 5.78 Å². The van der Waals surface area contributed by atoms with E-state index in [1.54, 1.807) is 0 Å². The molecule has 0 radical (unpaired) electrons. The van der Waals surface area contributed by atoms with E-state index in [4.69, 9.17) is 5.26 Å². The van der Waals surface area contributed by atoms with Crippen LogP contribution in [0.25, 0.3) is 0 Å². The van der Waals surface area contributed by atoms with Crippen LogP contribution in [0, 0.1) is 28.6 Å². The first-order chi connectivity index (χ1) is 5.69. The monoisotopic (exact) mass is 161 g/mol. The fraction of sp³-hybridized carbons (Fsp3) is 0.600. The quantitative estimate of drug-likeness (QED) is 0.549. The van der Waals surface area contributed by atoms with Crippen molar-refractivity contribution in [2.75, 3.05) is 0 Å². The van der Waals surface area contributed by atoms with Gasteiger partial charge in [-0.15, -0.1) is 0 Å². The zero-order chi connectivity index (χ0) is 8.77. The van der Waals surface area contributed by atoms with Crippen LogP contribution in [-0.2, 0) is 4.79 Å². The number of fused-ring (bicyclic) bond motifs is 2. The first-order valence-electron chi connectivity index (χ1n) is 4.29. The van der Waals surface area contributed by atoms with E-state index in [0.29, 0.717) is 5.92 Å². The van der Waals surface area contributed by atoms with Gasteiger partial charge in [-0.05, 0) is 25.7 Å². The molecule has 3 atom stereocenters. The Morgan fingerprint density at radius 3 is 2.67 bits per heavy atom. The summed E-state index contributed by atoms with van der Waals surface area (Å²) in [5.74, 6) is 0.727. The number of allylic oxidation sites excluding steroid dienone is 2. The highest BCUT2D eigenvalue weighted by molar-refractivity contribution is 5.86. The summed E-state index contributed by atoms with van der Waals surface area (Å²) < 4.78 is 0. The zero-order valence-corrected chi connectivity index (χ0v) is 7.08. The Hall–Kier alpha value is -1.10. The first-order valence-corrected chi connectivity index (χ1v) is 4.29. The Bertz CT molecular complexity index is 299. The average Bonchev–Trinajstić information content (AvgIpc) is 2.62. The lowest BCUT2D eigenvalue weighted by Crippen LogP contribution is -2.31. The molecule has 0 saturated heterocycles. The maximum absolute atomic E-state index is 11.3. The summed E-state index contributed by atoms with van der Waals surface area (Å²) >= 11 is 0. The SMILES string of the molecule is CC(=O)C1(C#N)CC2C=CC1C2. The van der Waals surface area contributed by atoms with Crippen LogP contribution in [0.3, 0.4) is 0 Å². The summed E-state index contributed by atoms with van der Waals surface area (Å²) in [7, 11) is 0. The Balaban J connectivity index is 2.40. The number of carbonyl (C=O) groups excluding carboxylic acids is 1. The number of Topliss-reactive ketones (excluding diaryl/α,β-unsaturated/α-hetero) is 1. The van der Waals surface area contributed by atoms with Crippen LogP contribution < -0.4 is 0 Å². The number of carbonyl (C=O) groups is 1. The molecule has 0 spiro atoms. The number of ketones is 1. The predicted molar refractivity (Wildman–Crippen MR) is 44.1 cm³/mol. The molecule has 62 valence electrons. The van der Waals surface area contributed by atoms with E-state index >= 15 is 0 Å². The summed E-state index contributed by atoms with van der Waals surface area (Å²) in [6.07, 6.45) is 5.94. The molecule has 0 N–H and O–H groups in total.